The monoisotopic (exact) mass is 285 g/mol. The molecule has 0 fully saturated rings. The zero-order valence-electron chi connectivity index (χ0n) is 10.0. The molecule has 90 valence electrons. The summed E-state index contributed by atoms with van der Waals surface area (Å²) in [6.07, 6.45) is 1.04. The second kappa shape index (κ2) is 7.69. The molecule has 0 spiro atoms. The molecule has 0 heterocycles. The number of hydrogen-bond donors (Lipinski definition) is 1. The van der Waals surface area contributed by atoms with Gasteiger partial charge in [-0.25, -0.2) is 0 Å². The van der Waals surface area contributed by atoms with Crippen molar-refractivity contribution in [1.29, 1.82) is 0 Å². The van der Waals surface area contributed by atoms with Crippen molar-refractivity contribution in [3.8, 4) is 5.75 Å². The molecule has 0 aliphatic carbocycles. The van der Waals surface area contributed by atoms with Gasteiger partial charge >= 0.3 is 0 Å². The second-order valence-electron chi connectivity index (χ2n) is 4.23. The Morgan fingerprint density at radius 3 is 2.75 bits per heavy atom. The van der Waals surface area contributed by atoms with Crippen LogP contribution in [0.4, 0.5) is 0 Å². The Morgan fingerprint density at radius 1 is 1.31 bits per heavy atom. The Balaban J connectivity index is 2.10. The van der Waals surface area contributed by atoms with Gasteiger partial charge in [0.1, 0.15) is 5.75 Å². The second-order valence-corrected chi connectivity index (χ2v) is 5.08. The average molecular weight is 286 g/mol. The zero-order chi connectivity index (χ0) is 11.8. The van der Waals surface area contributed by atoms with Crippen LogP contribution in [0.15, 0.2) is 28.7 Å². The maximum atomic E-state index is 5.66. The van der Waals surface area contributed by atoms with Crippen LogP contribution in [-0.4, -0.2) is 19.7 Å². The summed E-state index contributed by atoms with van der Waals surface area (Å²) in [4.78, 5) is 0. The summed E-state index contributed by atoms with van der Waals surface area (Å²) in [7, 11) is 0. The predicted octanol–water partition coefficient (Wildman–Crippen LogP) is 3.46. The highest BCUT2D eigenvalue weighted by molar-refractivity contribution is 9.10. The predicted molar refractivity (Wildman–Crippen MR) is 72.0 cm³/mol. The van der Waals surface area contributed by atoms with E-state index in [0.29, 0.717) is 5.92 Å². The standard InChI is InChI=1S/C13H20BrNO/c1-11(2)10-15-8-5-9-16-13-7-4-3-6-12(13)14/h3-4,6-7,11,15H,5,8-10H2,1-2H3. The van der Waals surface area contributed by atoms with E-state index in [2.05, 4.69) is 35.1 Å². The fraction of sp³-hybridized carbons (Fsp3) is 0.538. The molecule has 16 heavy (non-hydrogen) atoms. The molecule has 0 atom stereocenters. The van der Waals surface area contributed by atoms with Gasteiger partial charge in [-0.15, -0.1) is 0 Å². The van der Waals surface area contributed by atoms with Gasteiger partial charge in [0, 0.05) is 0 Å². The molecule has 0 saturated heterocycles. The summed E-state index contributed by atoms with van der Waals surface area (Å²) in [6.45, 7) is 7.28. The lowest BCUT2D eigenvalue weighted by Gasteiger charge is -2.09. The first kappa shape index (κ1) is 13.5. The lowest BCUT2D eigenvalue weighted by atomic mass is 10.2. The quantitative estimate of drug-likeness (QED) is 0.775. The molecule has 0 aromatic heterocycles. The highest BCUT2D eigenvalue weighted by Crippen LogP contribution is 2.23. The molecular weight excluding hydrogens is 266 g/mol. The Labute approximate surface area is 107 Å². The molecule has 1 aromatic carbocycles. The van der Waals surface area contributed by atoms with E-state index in [-0.39, 0.29) is 0 Å². The van der Waals surface area contributed by atoms with Crippen molar-refractivity contribution < 1.29 is 4.74 Å². The van der Waals surface area contributed by atoms with Crippen molar-refractivity contribution in [2.45, 2.75) is 20.3 Å². The molecule has 1 aromatic rings. The highest BCUT2D eigenvalue weighted by Gasteiger charge is 1.98. The summed E-state index contributed by atoms with van der Waals surface area (Å²) < 4.78 is 6.68. The molecule has 3 heteroatoms. The molecule has 0 amide bonds. The molecular formula is C13H20BrNO. The lowest BCUT2D eigenvalue weighted by molar-refractivity contribution is 0.305. The maximum Gasteiger partial charge on any atom is 0.133 e. The SMILES string of the molecule is CC(C)CNCCCOc1ccccc1Br. The van der Waals surface area contributed by atoms with Crippen molar-refractivity contribution in [1.82, 2.24) is 5.32 Å². The van der Waals surface area contributed by atoms with Crippen LogP contribution >= 0.6 is 15.9 Å². The van der Waals surface area contributed by atoms with E-state index in [1.807, 2.05) is 24.3 Å². The third-order valence-corrected chi connectivity index (χ3v) is 2.80. The minimum atomic E-state index is 0.712. The third kappa shape index (κ3) is 5.52. The van der Waals surface area contributed by atoms with Gasteiger partial charge in [-0.05, 0) is 53.5 Å². The van der Waals surface area contributed by atoms with Gasteiger partial charge in [0.15, 0.2) is 0 Å². The van der Waals surface area contributed by atoms with Crippen molar-refractivity contribution >= 4 is 15.9 Å². The van der Waals surface area contributed by atoms with Gasteiger partial charge in [0.2, 0.25) is 0 Å². The molecule has 0 saturated carbocycles. The number of halogens is 1. The third-order valence-electron chi connectivity index (χ3n) is 2.14. The normalized spacial score (nSPS) is 10.8. The van der Waals surface area contributed by atoms with E-state index in [1.165, 1.54) is 0 Å². The van der Waals surface area contributed by atoms with Crippen molar-refractivity contribution in [3.05, 3.63) is 28.7 Å². The average Bonchev–Trinajstić information content (AvgIpc) is 2.25. The number of ether oxygens (including phenoxy) is 1. The zero-order valence-corrected chi connectivity index (χ0v) is 11.6. The first-order chi connectivity index (χ1) is 7.70. The van der Waals surface area contributed by atoms with Gasteiger partial charge in [-0.1, -0.05) is 26.0 Å². The van der Waals surface area contributed by atoms with Gasteiger partial charge in [-0.2, -0.15) is 0 Å². The van der Waals surface area contributed by atoms with Crippen LogP contribution in [-0.2, 0) is 0 Å². The fourth-order valence-electron chi connectivity index (χ4n) is 1.33. The van der Waals surface area contributed by atoms with E-state index in [9.17, 15) is 0 Å². The smallest absolute Gasteiger partial charge is 0.133 e. The van der Waals surface area contributed by atoms with Gasteiger partial charge in [-0.3, -0.25) is 0 Å². The molecule has 0 bridgehead atoms. The van der Waals surface area contributed by atoms with Gasteiger partial charge < -0.3 is 10.1 Å². The number of rotatable bonds is 7. The number of para-hydroxylation sites is 1. The van der Waals surface area contributed by atoms with Crippen LogP contribution in [0, 0.1) is 5.92 Å². The van der Waals surface area contributed by atoms with Crippen molar-refractivity contribution in [3.63, 3.8) is 0 Å². The van der Waals surface area contributed by atoms with Crippen LogP contribution in [0.1, 0.15) is 20.3 Å². The molecule has 0 unspecified atom stereocenters. The first-order valence-corrected chi connectivity index (χ1v) is 6.57. The molecule has 1 rings (SSSR count). The van der Waals surface area contributed by atoms with E-state index >= 15 is 0 Å². The van der Waals surface area contributed by atoms with Gasteiger partial charge in [0.05, 0.1) is 11.1 Å². The van der Waals surface area contributed by atoms with Crippen LogP contribution in [0.25, 0.3) is 0 Å². The Morgan fingerprint density at radius 2 is 2.06 bits per heavy atom. The summed E-state index contributed by atoms with van der Waals surface area (Å²) in [5, 5.41) is 3.39. The topological polar surface area (TPSA) is 21.3 Å². The fourth-order valence-corrected chi connectivity index (χ4v) is 1.73. The molecule has 0 aliphatic heterocycles. The lowest BCUT2D eigenvalue weighted by Crippen LogP contribution is -2.22. The number of nitrogens with one attached hydrogen (secondary N) is 1. The van der Waals surface area contributed by atoms with Crippen molar-refractivity contribution in [2.24, 2.45) is 5.92 Å². The maximum absolute atomic E-state index is 5.66. The minimum absolute atomic E-state index is 0.712. The van der Waals surface area contributed by atoms with Crippen LogP contribution in [0.2, 0.25) is 0 Å². The van der Waals surface area contributed by atoms with Crippen LogP contribution < -0.4 is 10.1 Å². The Hall–Kier alpha value is -0.540. The summed E-state index contributed by atoms with van der Waals surface area (Å²) >= 11 is 3.46. The molecule has 2 nitrogen and oxygen atoms in total. The first-order valence-electron chi connectivity index (χ1n) is 5.78. The summed E-state index contributed by atoms with van der Waals surface area (Å²) in [5.74, 6) is 1.63. The molecule has 0 aliphatic rings. The van der Waals surface area contributed by atoms with Crippen LogP contribution in [0.5, 0.6) is 5.75 Å². The Bertz CT molecular complexity index is 302. The number of benzene rings is 1. The Kier molecular flexibility index (Phi) is 6.50. The van der Waals surface area contributed by atoms with Crippen LogP contribution in [0.3, 0.4) is 0 Å². The number of hydrogen-bond acceptors (Lipinski definition) is 2. The van der Waals surface area contributed by atoms with E-state index in [1.54, 1.807) is 0 Å². The minimum Gasteiger partial charge on any atom is -0.492 e. The van der Waals surface area contributed by atoms with E-state index < -0.39 is 0 Å². The van der Waals surface area contributed by atoms with Gasteiger partial charge in [0.25, 0.3) is 0 Å². The largest absolute Gasteiger partial charge is 0.492 e. The summed E-state index contributed by atoms with van der Waals surface area (Å²) in [6, 6.07) is 7.94. The van der Waals surface area contributed by atoms with E-state index in [4.69, 9.17) is 4.74 Å². The summed E-state index contributed by atoms with van der Waals surface area (Å²) in [5.41, 5.74) is 0. The molecule has 1 N–H and O–H groups in total. The van der Waals surface area contributed by atoms with Crippen molar-refractivity contribution in [2.75, 3.05) is 19.7 Å². The molecule has 0 radical (unpaired) electrons. The van der Waals surface area contributed by atoms with E-state index in [0.717, 1.165) is 36.3 Å². The highest BCUT2D eigenvalue weighted by atomic mass is 79.9.